The van der Waals surface area contributed by atoms with Crippen molar-refractivity contribution in [2.24, 2.45) is 0 Å². The number of hydrogen-bond acceptors (Lipinski definition) is 2. The standard InChI is InChI=1S/C8H16N2O/c1-7(11)10-8(2)4-3-5-9-6-8/h9H,3-6H2,1-2H3,(H,10,11). The topological polar surface area (TPSA) is 41.1 Å². The summed E-state index contributed by atoms with van der Waals surface area (Å²) >= 11 is 0. The molecule has 1 atom stereocenters. The van der Waals surface area contributed by atoms with Crippen LogP contribution in [0.15, 0.2) is 0 Å². The van der Waals surface area contributed by atoms with E-state index in [0.29, 0.717) is 0 Å². The van der Waals surface area contributed by atoms with E-state index in [-0.39, 0.29) is 11.4 Å². The number of piperidine rings is 1. The fraction of sp³-hybridized carbons (Fsp3) is 0.875. The van der Waals surface area contributed by atoms with Crippen LogP contribution in [0.3, 0.4) is 0 Å². The van der Waals surface area contributed by atoms with Gasteiger partial charge in [-0.15, -0.1) is 0 Å². The maximum absolute atomic E-state index is 10.8. The van der Waals surface area contributed by atoms with Crippen LogP contribution in [0.1, 0.15) is 26.7 Å². The lowest BCUT2D eigenvalue weighted by Crippen LogP contribution is -2.54. The van der Waals surface area contributed by atoms with E-state index in [9.17, 15) is 4.79 Å². The summed E-state index contributed by atoms with van der Waals surface area (Å²) in [6.45, 7) is 5.63. The van der Waals surface area contributed by atoms with Gasteiger partial charge in [-0.2, -0.15) is 0 Å². The van der Waals surface area contributed by atoms with E-state index in [1.165, 1.54) is 0 Å². The van der Waals surface area contributed by atoms with Gasteiger partial charge in [-0.1, -0.05) is 0 Å². The van der Waals surface area contributed by atoms with E-state index in [1.807, 2.05) is 0 Å². The molecule has 1 amide bonds. The Morgan fingerprint density at radius 3 is 2.82 bits per heavy atom. The Morgan fingerprint density at radius 1 is 1.64 bits per heavy atom. The summed E-state index contributed by atoms with van der Waals surface area (Å²) in [5.41, 5.74) is -0.00984. The number of nitrogens with one attached hydrogen (secondary N) is 2. The molecule has 3 nitrogen and oxygen atoms in total. The van der Waals surface area contributed by atoms with Crippen molar-refractivity contribution in [3.63, 3.8) is 0 Å². The number of rotatable bonds is 1. The molecule has 1 aliphatic heterocycles. The second-order valence-corrected chi connectivity index (χ2v) is 3.52. The molecule has 0 aromatic carbocycles. The summed E-state index contributed by atoms with van der Waals surface area (Å²) in [7, 11) is 0. The summed E-state index contributed by atoms with van der Waals surface area (Å²) in [5, 5.41) is 6.22. The summed E-state index contributed by atoms with van der Waals surface area (Å²) < 4.78 is 0. The predicted octanol–water partition coefficient (Wildman–Crippen LogP) is 0.265. The first-order valence-electron chi connectivity index (χ1n) is 4.12. The molecule has 1 unspecified atom stereocenters. The van der Waals surface area contributed by atoms with Gasteiger partial charge in [0, 0.05) is 19.0 Å². The molecule has 1 aliphatic rings. The van der Waals surface area contributed by atoms with Crippen molar-refractivity contribution >= 4 is 5.91 Å². The van der Waals surface area contributed by atoms with Crippen LogP contribution in [0.25, 0.3) is 0 Å². The molecule has 0 saturated carbocycles. The Balaban J connectivity index is 2.43. The molecule has 0 aromatic heterocycles. The predicted molar refractivity (Wildman–Crippen MR) is 44.3 cm³/mol. The van der Waals surface area contributed by atoms with E-state index >= 15 is 0 Å². The van der Waals surface area contributed by atoms with E-state index in [0.717, 1.165) is 25.9 Å². The van der Waals surface area contributed by atoms with Crippen LogP contribution in [0, 0.1) is 0 Å². The normalized spacial score (nSPS) is 31.5. The Hall–Kier alpha value is -0.570. The third-order valence-corrected chi connectivity index (χ3v) is 2.08. The van der Waals surface area contributed by atoms with Crippen molar-refractivity contribution < 1.29 is 4.79 Å². The van der Waals surface area contributed by atoms with E-state index < -0.39 is 0 Å². The monoisotopic (exact) mass is 156 g/mol. The van der Waals surface area contributed by atoms with Gasteiger partial charge in [0.1, 0.15) is 0 Å². The zero-order valence-electron chi connectivity index (χ0n) is 7.24. The third kappa shape index (κ3) is 2.50. The summed E-state index contributed by atoms with van der Waals surface area (Å²) in [6.07, 6.45) is 2.23. The highest BCUT2D eigenvalue weighted by Crippen LogP contribution is 2.14. The second kappa shape index (κ2) is 3.22. The Labute approximate surface area is 67.5 Å². The van der Waals surface area contributed by atoms with Crippen LogP contribution < -0.4 is 10.6 Å². The van der Waals surface area contributed by atoms with Gasteiger partial charge in [0.15, 0.2) is 0 Å². The molecule has 2 N–H and O–H groups in total. The van der Waals surface area contributed by atoms with Gasteiger partial charge in [-0.25, -0.2) is 0 Å². The van der Waals surface area contributed by atoms with Crippen molar-refractivity contribution in [3.05, 3.63) is 0 Å². The van der Waals surface area contributed by atoms with Crippen LogP contribution in [0.4, 0.5) is 0 Å². The van der Waals surface area contributed by atoms with Gasteiger partial charge in [0.05, 0.1) is 0 Å². The van der Waals surface area contributed by atoms with Crippen molar-refractivity contribution in [1.82, 2.24) is 10.6 Å². The molecule has 0 aliphatic carbocycles. The van der Waals surface area contributed by atoms with E-state index in [2.05, 4.69) is 17.6 Å². The maximum atomic E-state index is 10.8. The van der Waals surface area contributed by atoms with Crippen LogP contribution in [-0.2, 0) is 4.79 Å². The van der Waals surface area contributed by atoms with Gasteiger partial charge in [0.25, 0.3) is 0 Å². The van der Waals surface area contributed by atoms with Crippen molar-refractivity contribution in [1.29, 1.82) is 0 Å². The molecular weight excluding hydrogens is 140 g/mol. The number of carbonyl (C=O) groups excluding carboxylic acids is 1. The fourth-order valence-corrected chi connectivity index (χ4v) is 1.59. The Bertz CT molecular complexity index is 150. The largest absolute Gasteiger partial charge is 0.350 e. The lowest BCUT2D eigenvalue weighted by atomic mass is 9.92. The molecule has 11 heavy (non-hydrogen) atoms. The lowest BCUT2D eigenvalue weighted by molar-refractivity contribution is -0.120. The summed E-state index contributed by atoms with van der Waals surface area (Å²) in [4.78, 5) is 10.8. The molecule has 1 fully saturated rings. The lowest BCUT2D eigenvalue weighted by Gasteiger charge is -2.34. The van der Waals surface area contributed by atoms with Crippen LogP contribution in [0.5, 0.6) is 0 Å². The first kappa shape index (κ1) is 8.53. The first-order chi connectivity index (χ1) is 5.12. The smallest absolute Gasteiger partial charge is 0.217 e. The highest BCUT2D eigenvalue weighted by Gasteiger charge is 2.26. The summed E-state index contributed by atoms with van der Waals surface area (Å²) in [6, 6.07) is 0. The van der Waals surface area contributed by atoms with E-state index in [4.69, 9.17) is 0 Å². The fourth-order valence-electron chi connectivity index (χ4n) is 1.59. The maximum Gasteiger partial charge on any atom is 0.217 e. The van der Waals surface area contributed by atoms with Gasteiger partial charge in [-0.3, -0.25) is 4.79 Å². The van der Waals surface area contributed by atoms with Crippen LogP contribution in [-0.4, -0.2) is 24.5 Å². The minimum atomic E-state index is -0.00984. The minimum Gasteiger partial charge on any atom is -0.350 e. The zero-order chi connectivity index (χ0) is 8.32. The molecule has 0 bridgehead atoms. The Kier molecular flexibility index (Phi) is 2.49. The van der Waals surface area contributed by atoms with Crippen LogP contribution in [0.2, 0.25) is 0 Å². The van der Waals surface area contributed by atoms with Gasteiger partial charge >= 0.3 is 0 Å². The van der Waals surface area contributed by atoms with Gasteiger partial charge in [0.2, 0.25) is 5.91 Å². The summed E-state index contributed by atoms with van der Waals surface area (Å²) in [5.74, 6) is 0.0659. The molecule has 1 heterocycles. The average molecular weight is 156 g/mol. The molecule has 3 heteroatoms. The molecule has 0 radical (unpaired) electrons. The van der Waals surface area contributed by atoms with Gasteiger partial charge < -0.3 is 10.6 Å². The molecule has 0 spiro atoms. The molecule has 1 saturated heterocycles. The third-order valence-electron chi connectivity index (χ3n) is 2.08. The molecule has 64 valence electrons. The molecule has 1 rings (SSSR count). The van der Waals surface area contributed by atoms with Crippen LogP contribution >= 0.6 is 0 Å². The first-order valence-corrected chi connectivity index (χ1v) is 4.12. The van der Waals surface area contributed by atoms with E-state index in [1.54, 1.807) is 6.92 Å². The molecular formula is C8H16N2O. The quantitative estimate of drug-likeness (QED) is 0.572. The van der Waals surface area contributed by atoms with Gasteiger partial charge in [-0.05, 0) is 26.3 Å². The number of amides is 1. The highest BCUT2D eigenvalue weighted by atomic mass is 16.1. The SMILES string of the molecule is CC(=O)NC1(C)CCCNC1. The van der Waals surface area contributed by atoms with Crippen molar-refractivity contribution in [2.75, 3.05) is 13.1 Å². The average Bonchev–Trinajstić information content (AvgIpc) is 1.85. The zero-order valence-corrected chi connectivity index (χ0v) is 7.24. The second-order valence-electron chi connectivity index (χ2n) is 3.52. The highest BCUT2D eigenvalue weighted by molar-refractivity contribution is 5.73. The molecule has 0 aromatic rings. The van der Waals surface area contributed by atoms with Crippen molar-refractivity contribution in [2.45, 2.75) is 32.2 Å². The number of hydrogen-bond donors (Lipinski definition) is 2. The number of carbonyl (C=O) groups is 1. The Morgan fingerprint density at radius 2 is 2.36 bits per heavy atom. The minimum absolute atomic E-state index is 0.00984. The van der Waals surface area contributed by atoms with Crippen molar-refractivity contribution in [3.8, 4) is 0 Å².